The van der Waals surface area contributed by atoms with Gasteiger partial charge in [-0.2, -0.15) is 0 Å². The summed E-state index contributed by atoms with van der Waals surface area (Å²) in [6.07, 6.45) is 0. The van der Waals surface area contributed by atoms with E-state index in [1.165, 1.54) is 0 Å². The number of nitrogens with zero attached hydrogens (tertiary/aromatic N) is 5. The van der Waals surface area contributed by atoms with Crippen molar-refractivity contribution in [3.05, 3.63) is 21.0 Å². The molecule has 0 aromatic carbocycles. The molecule has 0 fully saturated rings. The largest absolute Gasteiger partial charge is 0.351 e. The van der Waals surface area contributed by atoms with Crippen molar-refractivity contribution in [1.29, 1.82) is 0 Å². The van der Waals surface area contributed by atoms with Crippen LogP contribution in [0, 0.1) is 0 Å². The van der Waals surface area contributed by atoms with Crippen LogP contribution in [0.3, 0.4) is 0 Å². The maximum Gasteiger partial charge on any atom is 0.264 e. The minimum Gasteiger partial charge on any atom is -0.351 e. The molecular weight excluding hydrogens is 240 g/mol. The minimum absolute atomic E-state index is 0.218. The number of hydrogen-bond acceptors (Lipinski definition) is 5. The van der Waals surface area contributed by atoms with Gasteiger partial charge < -0.3 is 5.32 Å². The second kappa shape index (κ2) is 5.60. The molecule has 1 amide bonds. The Balaban J connectivity index is 2.70. The maximum absolute atomic E-state index is 11.8. The summed E-state index contributed by atoms with van der Waals surface area (Å²) in [5, 5.41) is 9.97. The van der Waals surface area contributed by atoms with Gasteiger partial charge in [0.2, 0.25) is 0 Å². The molecule has 0 saturated carbocycles. The Bertz CT molecular complexity index is 443. The van der Waals surface area contributed by atoms with Crippen LogP contribution in [0.2, 0.25) is 0 Å². The maximum atomic E-state index is 11.8. The zero-order chi connectivity index (χ0) is 12.9. The molecule has 17 heavy (non-hydrogen) atoms. The fourth-order valence-electron chi connectivity index (χ4n) is 1.17. The van der Waals surface area contributed by atoms with Crippen molar-refractivity contribution in [2.45, 2.75) is 26.2 Å². The van der Waals surface area contributed by atoms with Crippen molar-refractivity contribution in [1.82, 2.24) is 14.9 Å². The van der Waals surface area contributed by atoms with Gasteiger partial charge in [-0.15, -0.1) is 5.10 Å². The lowest BCUT2D eigenvalue weighted by atomic mass is 9.91. The number of nitrogens with one attached hydrogen (secondary N) is 1. The van der Waals surface area contributed by atoms with Crippen LogP contribution < -0.4 is 5.32 Å². The summed E-state index contributed by atoms with van der Waals surface area (Å²) in [7, 11) is 0. The SMILES string of the molecule is CC(C)(C)c1nnsc1C(=O)NCCN=[N+]=[N-]. The number of rotatable bonds is 4. The highest BCUT2D eigenvalue weighted by Crippen LogP contribution is 2.25. The summed E-state index contributed by atoms with van der Waals surface area (Å²) >= 11 is 1.07. The van der Waals surface area contributed by atoms with Gasteiger partial charge in [0.25, 0.3) is 5.91 Å². The lowest BCUT2D eigenvalue weighted by molar-refractivity contribution is 0.0956. The Kier molecular flexibility index (Phi) is 4.42. The Morgan fingerprint density at radius 2 is 2.29 bits per heavy atom. The quantitative estimate of drug-likeness (QED) is 0.384. The van der Waals surface area contributed by atoms with Crippen LogP contribution in [0.1, 0.15) is 36.1 Å². The van der Waals surface area contributed by atoms with Gasteiger partial charge in [-0.05, 0) is 17.1 Å². The van der Waals surface area contributed by atoms with E-state index < -0.39 is 0 Å². The van der Waals surface area contributed by atoms with E-state index in [4.69, 9.17) is 5.53 Å². The van der Waals surface area contributed by atoms with Crippen LogP contribution in [0.15, 0.2) is 5.11 Å². The molecule has 92 valence electrons. The molecule has 7 nitrogen and oxygen atoms in total. The van der Waals surface area contributed by atoms with Crippen LogP contribution in [-0.2, 0) is 5.41 Å². The molecule has 0 unspecified atom stereocenters. The molecule has 0 radical (unpaired) electrons. The van der Waals surface area contributed by atoms with Crippen LogP contribution in [0.5, 0.6) is 0 Å². The average molecular weight is 254 g/mol. The summed E-state index contributed by atoms with van der Waals surface area (Å²) < 4.78 is 3.80. The molecule has 1 aromatic heterocycles. The van der Waals surface area contributed by atoms with Gasteiger partial charge in [-0.25, -0.2) is 0 Å². The van der Waals surface area contributed by atoms with Crippen molar-refractivity contribution in [3.8, 4) is 0 Å². The molecule has 0 atom stereocenters. The normalized spacial score (nSPS) is 10.8. The number of aromatic nitrogens is 2. The lowest BCUT2D eigenvalue weighted by Gasteiger charge is -2.15. The molecule has 0 aliphatic rings. The lowest BCUT2D eigenvalue weighted by Crippen LogP contribution is -2.28. The van der Waals surface area contributed by atoms with Crippen LogP contribution >= 0.6 is 11.5 Å². The van der Waals surface area contributed by atoms with Crippen molar-refractivity contribution in [2.24, 2.45) is 5.11 Å². The first-order valence-corrected chi connectivity index (χ1v) is 5.86. The Morgan fingerprint density at radius 3 is 2.88 bits per heavy atom. The van der Waals surface area contributed by atoms with E-state index in [0.717, 1.165) is 11.5 Å². The van der Waals surface area contributed by atoms with Gasteiger partial charge in [0, 0.05) is 23.4 Å². The first-order chi connectivity index (χ1) is 7.96. The molecule has 0 aliphatic carbocycles. The Labute approximate surface area is 103 Å². The van der Waals surface area contributed by atoms with Gasteiger partial charge in [-0.3, -0.25) is 4.79 Å². The zero-order valence-corrected chi connectivity index (χ0v) is 10.8. The monoisotopic (exact) mass is 254 g/mol. The summed E-state index contributed by atoms with van der Waals surface area (Å²) in [5.41, 5.74) is 8.56. The zero-order valence-electron chi connectivity index (χ0n) is 9.97. The molecule has 0 aliphatic heterocycles. The van der Waals surface area contributed by atoms with Gasteiger partial charge in [0.1, 0.15) is 4.88 Å². The van der Waals surface area contributed by atoms with Crippen molar-refractivity contribution < 1.29 is 4.79 Å². The van der Waals surface area contributed by atoms with Gasteiger partial charge in [-0.1, -0.05) is 30.4 Å². The summed E-state index contributed by atoms with van der Waals surface area (Å²) in [6, 6.07) is 0. The number of hydrogen-bond donors (Lipinski definition) is 1. The number of azide groups is 1. The second-order valence-electron chi connectivity index (χ2n) is 4.41. The smallest absolute Gasteiger partial charge is 0.264 e. The van der Waals surface area contributed by atoms with E-state index in [1.54, 1.807) is 0 Å². The molecule has 0 saturated heterocycles. The summed E-state index contributed by atoms with van der Waals surface area (Å²) in [5.74, 6) is -0.224. The topological polar surface area (TPSA) is 104 Å². The third-order valence-corrected chi connectivity index (χ3v) is 2.69. The highest BCUT2D eigenvalue weighted by atomic mass is 32.1. The predicted molar refractivity (Wildman–Crippen MR) is 65.0 cm³/mol. The fourth-order valence-corrected chi connectivity index (χ4v) is 1.97. The predicted octanol–water partition coefficient (Wildman–Crippen LogP) is 1.88. The van der Waals surface area contributed by atoms with E-state index in [-0.39, 0.29) is 17.9 Å². The first-order valence-electron chi connectivity index (χ1n) is 5.08. The fraction of sp³-hybridized carbons (Fsp3) is 0.667. The highest BCUT2D eigenvalue weighted by Gasteiger charge is 2.25. The molecule has 1 aromatic rings. The highest BCUT2D eigenvalue weighted by molar-refractivity contribution is 7.08. The molecule has 1 N–H and O–H groups in total. The Morgan fingerprint density at radius 1 is 1.59 bits per heavy atom. The van der Waals surface area contributed by atoms with E-state index >= 15 is 0 Å². The first kappa shape index (κ1) is 13.4. The second-order valence-corrected chi connectivity index (χ2v) is 5.17. The molecular formula is C9H14N6OS. The van der Waals surface area contributed by atoms with Crippen molar-refractivity contribution in [3.63, 3.8) is 0 Å². The molecule has 0 bridgehead atoms. The van der Waals surface area contributed by atoms with E-state index in [1.807, 2.05) is 20.8 Å². The average Bonchev–Trinajstić information content (AvgIpc) is 2.72. The van der Waals surface area contributed by atoms with Gasteiger partial charge >= 0.3 is 0 Å². The standard InChI is InChI=1S/C9H14N6OS/c1-9(2,3)7-6(17-15-13-7)8(16)11-4-5-12-14-10/h4-5H2,1-3H3,(H,11,16). The van der Waals surface area contributed by atoms with Crippen LogP contribution in [-0.4, -0.2) is 28.6 Å². The molecule has 0 spiro atoms. The van der Waals surface area contributed by atoms with E-state index in [2.05, 4.69) is 24.9 Å². The Hall–Kier alpha value is -1.66. The van der Waals surface area contributed by atoms with Crippen molar-refractivity contribution in [2.75, 3.05) is 13.1 Å². The minimum atomic E-state index is -0.224. The molecule has 1 heterocycles. The third-order valence-electron chi connectivity index (χ3n) is 1.97. The molecule has 8 heteroatoms. The van der Waals surface area contributed by atoms with Gasteiger partial charge in [0.15, 0.2) is 0 Å². The number of carbonyl (C=O) groups excluding carboxylic acids is 1. The van der Waals surface area contributed by atoms with Crippen LogP contribution in [0.4, 0.5) is 0 Å². The number of carbonyl (C=O) groups is 1. The summed E-state index contributed by atoms with van der Waals surface area (Å²) in [6.45, 7) is 6.46. The summed E-state index contributed by atoms with van der Waals surface area (Å²) in [4.78, 5) is 14.9. The third kappa shape index (κ3) is 3.69. The van der Waals surface area contributed by atoms with Crippen molar-refractivity contribution >= 4 is 17.4 Å². The van der Waals surface area contributed by atoms with Gasteiger partial charge in [0.05, 0.1) is 5.69 Å². The number of amides is 1. The van der Waals surface area contributed by atoms with Crippen LogP contribution in [0.25, 0.3) is 10.4 Å². The van der Waals surface area contributed by atoms with E-state index in [9.17, 15) is 4.79 Å². The molecule has 1 rings (SSSR count). The van der Waals surface area contributed by atoms with E-state index in [0.29, 0.717) is 17.1 Å².